The molecule has 1 N–H and O–H groups in total. The smallest absolute Gasteiger partial charge is 0.130 e. The van der Waals surface area contributed by atoms with E-state index in [4.69, 9.17) is 0 Å². The number of likely N-dealkylation sites (N-methyl/N-ethyl adjacent to an activating group) is 1. The van der Waals surface area contributed by atoms with Crippen LogP contribution in [0.1, 0.15) is 35.2 Å². The van der Waals surface area contributed by atoms with Crippen molar-refractivity contribution in [2.75, 3.05) is 6.54 Å². The molecule has 0 bridgehead atoms. The Balaban J connectivity index is 2.32. The maximum absolute atomic E-state index is 14.0. The Kier molecular flexibility index (Phi) is 5.07. The molecule has 0 radical (unpaired) electrons. The van der Waals surface area contributed by atoms with Crippen LogP contribution in [0.3, 0.4) is 0 Å². The molecule has 0 amide bonds. The Morgan fingerprint density at radius 1 is 1.05 bits per heavy atom. The van der Waals surface area contributed by atoms with Crippen LogP contribution in [0.2, 0.25) is 0 Å². The first-order valence-electron chi connectivity index (χ1n) is 7.25. The first kappa shape index (κ1) is 15.6. The van der Waals surface area contributed by atoms with E-state index >= 15 is 0 Å². The van der Waals surface area contributed by atoms with Crippen LogP contribution >= 0.6 is 0 Å². The summed E-state index contributed by atoms with van der Waals surface area (Å²) in [6.45, 7) is 6.81. The van der Waals surface area contributed by atoms with Crippen molar-refractivity contribution >= 4 is 0 Å². The summed E-state index contributed by atoms with van der Waals surface area (Å²) in [6, 6.07) is 9.91. The van der Waals surface area contributed by atoms with Crippen molar-refractivity contribution in [2.45, 2.75) is 33.2 Å². The summed E-state index contributed by atoms with van der Waals surface area (Å²) in [6.07, 6.45) is 0.684. The van der Waals surface area contributed by atoms with Gasteiger partial charge in [-0.15, -0.1) is 0 Å². The molecule has 2 aromatic rings. The molecule has 0 aromatic heterocycles. The number of hydrogen-bond acceptors (Lipinski definition) is 1. The lowest BCUT2D eigenvalue weighted by Crippen LogP contribution is -2.24. The number of hydrogen-bond donors (Lipinski definition) is 1. The van der Waals surface area contributed by atoms with Gasteiger partial charge in [-0.2, -0.15) is 0 Å². The molecule has 1 atom stereocenters. The second kappa shape index (κ2) is 6.81. The van der Waals surface area contributed by atoms with Crippen molar-refractivity contribution in [1.29, 1.82) is 0 Å². The molecular weight excluding hydrogens is 268 g/mol. The van der Waals surface area contributed by atoms with Gasteiger partial charge < -0.3 is 5.32 Å². The molecule has 1 nitrogen and oxygen atoms in total. The van der Waals surface area contributed by atoms with Crippen molar-refractivity contribution in [1.82, 2.24) is 5.32 Å². The fraction of sp³-hybridized carbons (Fsp3) is 0.333. The molecule has 0 heterocycles. The summed E-state index contributed by atoms with van der Waals surface area (Å²) in [5.74, 6) is -1.04. The fourth-order valence-electron chi connectivity index (χ4n) is 2.56. The van der Waals surface area contributed by atoms with Gasteiger partial charge in [-0.05, 0) is 44.0 Å². The SMILES string of the molecule is CCNC(Cc1cc(C)ccc1C)c1ccc(F)cc1F. The van der Waals surface area contributed by atoms with E-state index in [1.54, 1.807) is 0 Å². The predicted molar refractivity (Wildman–Crippen MR) is 82.4 cm³/mol. The Labute approximate surface area is 125 Å². The molecule has 2 rings (SSSR count). The quantitative estimate of drug-likeness (QED) is 0.856. The molecule has 1 unspecified atom stereocenters. The van der Waals surface area contributed by atoms with E-state index in [1.165, 1.54) is 28.8 Å². The van der Waals surface area contributed by atoms with Crippen LogP contribution in [0.15, 0.2) is 36.4 Å². The molecular formula is C18H21F2N. The average Bonchev–Trinajstić information content (AvgIpc) is 2.42. The predicted octanol–water partition coefficient (Wildman–Crippen LogP) is 4.47. The Morgan fingerprint density at radius 2 is 1.81 bits per heavy atom. The molecule has 0 fully saturated rings. The molecule has 0 aliphatic carbocycles. The lowest BCUT2D eigenvalue weighted by Gasteiger charge is -2.20. The molecule has 0 aliphatic heterocycles. The molecule has 0 spiro atoms. The molecule has 3 heteroatoms. The van der Waals surface area contributed by atoms with Gasteiger partial charge in [0.05, 0.1) is 0 Å². The minimum Gasteiger partial charge on any atom is -0.310 e. The van der Waals surface area contributed by atoms with Gasteiger partial charge in [0.2, 0.25) is 0 Å². The summed E-state index contributed by atoms with van der Waals surface area (Å²) in [7, 11) is 0. The van der Waals surface area contributed by atoms with Crippen molar-refractivity contribution < 1.29 is 8.78 Å². The summed E-state index contributed by atoms with van der Waals surface area (Å²) in [5, 5.41) is 3.29. The van der Waals surface area contributed by atoms with Gasteiger partial charge >= 0.3 is 0 Å². The van der Waals surface area contributed by atoms with E-state index in [-0.39, 0.29) is 6.04 Å². The highest BCUT2D eigenvalue weighted by atomic mass is 19.1. The van der Waals surface area contributed by atoms with Gasteiger partial charge in [0, 0.05) is 17.7 Å². The minimum atomic E-state index is -0.543. The van der Waals surface area contributed by atoms with Crippen molar-refractivity contribution in [3.63, 3.8) is 0 Å². The van der Waals surface area contributed by atoms with Crippen molar-refractivity contribution in [2.24, 2.45) is 0 Å². The highest BCUT2D eigenvalue weighted by Gasteiger charge is 2.17. The number of benzene rings is 2. The zero-order chi connectivity index (χ0) is 15.4. The third-order valence-corrected chi connectivity index (χ3v) is 3.72. The Bertz CT molecular complexity index is 623. The number of rotatable bonds is 5. The Morgan fingerprint density at radius 3 is 2.48 bits per heavy atom. The Hall–Kier alpha value is -1.74. The van der Waals surface area contributed by atoms with E-state index in [2.05, 4.69) is 30.4 Å². The monoisotopic (exact) mass is 289 g/mol. The van der Waals surface area contributed by atoms with Gasteiger partial charge in [-0.3, -0.25) is 0 Å². The van der Waals surface area contributed by atoms with Crippen LogP contribution in [0.25, 0.3) is 0 Å². The second-order valence-corrected chi connectivity index (χ2v) is 5.41. The zero-order valence-corrected chi connectivity index (χ0v) is 12.7. The van der Waals surface area contributed by atoms with Gasteiger partial charge in [-0.1, -0.05) is 36.8 Å². The topological polar surface area (TPSA) is 12.0 Å². The highest BCUT2D eigenvalue weighted by Crippen LogP contribution is 2.24. The minimum absolute atomic E-state index is 0.156. The second-order valence-electron chi connectivity index (χ2n) is 5.41. The van der Waals surface area contributed by atoms with E-state index < -0.39 is 11.6 Å². The van der Waals surface area contributed by atoms with E-state index in [9.17, 15) is 8.78 Å². The summed E-state index contributed by atoms with van der Waals surface area (Å²) in [5.41, 5.74) is 4.07. The summed E-state index contributed by atoms with van der Waals surface area (Å²) < 4.78 is 27.1. The molecule has 0 saturated heterocycles. The maximum atomic E-state index is 14.0. The standard InChI is InChI=1S/C18H21F2N/c1-4-21-18(16-8-7-15(19)11-17(16)20)10-14-9-12(2)5-6-13(14)3/h5-9,11,18,21H,4,10H2,1-3H3. The number of nitrogens with one attached hydrogen (secondary N) is 1. The maximum Gasteiger partial charge on any atom is 0.130 e. The van der Waals surface area contributed by atoms with Crippen LogP contribution in [-0.2, 0) is 6.42 Å². The molecule has 0 aliphatic rings. The van der Waals surface area contributed by atoms with Gasteiger partial charge in [0.25, 0.3) is 0 Å². The van der Waals surface area contributed by atoms with Gasteiger partial charge in [0.15, 0.2) is 0 Å². The third kappa shape index (κ3) is 3.88. The van der Waals surface area contributed by atoms with Crippen LogP contribution in [0.5, 0.6) is 0 Å². The largest absolute Gasteiger partial charge is 0.310 e. The van der Waals surface area contributed by atoms with Crippen LogP contribution in [0, 0.1) is 25.5 Å². The summed E-state index contributed by atoms with van der Waals surface area (Å²) in [4.78, 5) is 0. The zero-order valence-electron chi connectivity index (χ0n) is 12.7. The van der Waals surface area contributed by atoms with Crippen LogP contribution in [-0.4, -0.2) is 6.54 Å². The number of aryl methyl sites for hydroxylation is 2. The number of halogens is 2. The molecule has 21 heavy (non-hydrogen) atoms. The lowest BCUT2D eigenvalue weighted by atomic mass is 9.94. The van der Waals surface area contributed by atoms with E-state index in [0.717, 1.165) is 12.6 Å². The van der Waals surface area contributed by atoms with Crippen LogP contribution in [0.4, 0.5) is 8.78 Å². The first-order valence-corrected chi connectivity index (χ1v) is 7.25. The third-order valence-electron chi connectivity index (χ3n) is 3.72. The van der Waals surface area contributed by atoms with E-state index in [0.29, 0.717) is 12.0 Å². The van der Waals surface area contributed by atoms with Crippen LogP contribution < -0.4 is 5.32 Å². The van der Waals surface area contributed by atoms with Crippen molar-refractivity contribution in [3.8, 4) is 0 Å². The van der Waals surface area contributed by atoms with Gasteiger partial charge in [-0.25, -0.2) is 8.78 Å². The molecule has 2 aromatic carbocycles. The van der Waals surface area contributed by atoms with Gasteiger partial charge in [0.1, 0.15) is 11.6 Å². The summed E-state index contributed by atoms with van der Waals surface area (Å²) >= 11 is 0. The lowest BCUT2D eigenvalue weighted by molar-refractivity contribution is 0.501. The van der Waals surface area contributed by atoms with Crippen molar-refractivity contribution in [3.05, 3.63) is 70.3 Å². The molecule has 0 saturated carbocycles. The highest BCUT2D eigenvalue weighted by molar-refractivity contribution is 5.33. The molecule has 112 valence electrons. The normalized spacial score (nSPS) is 12.4. The first-order chi connectivity index (χ1) is 10.0. The fourth-order valence-corrected chi connectivity index (χ4v) is 2.56. The van der Waals surface area contributed by atoms with E-state index in [1.807, 2.05) is 13.8 Å². The average molecular weight is 289 g/mol.